The molecule has 138 valence electrons. The van der Waals surface area contributed by atoms with E-state index in [4.69, 9.17) is 9.47 Å². The summed E-state index contributed by atoms with van der Waals surface area (Å²) in [6.45, 7) is 1.54. The summed E-state index contributed by atoms with van der Waals surface area (Å²) in [7, 11) is -1.79. The predicted octanol–water partition coefficient (Wildman–Crippen LogP) is 2.95. The lowest BCUT2D eigenvalue weighted by Gasteiger charge is -2.45. The van der Waals surface area contributed by atoms with Gasteiger partial charge in [0.2, 0.25) is 10.0 Å². The van der Waals surface area contributed by atoms with Gasteiger partial charge in [-0.3, -0.25) is 0 Å². The molecular formula is C20H23NO4S. The maximum Gasteiger partial charge on any atom is 0.243 e. The minimum atomic E-state index is -3.46. The number of fused-ring (bicyclic) bond motifs is 2. The summed E-state index contributed by atoms with van der Waals surface area (Å²) in [5.41, 5.74) is 1.89. The molecule has 0 aromatic heterocycles. The van der Waals surface area contributed by atoms with Gasteiger partial charge in [0.1, 0.15) is 5.75 Å². The minimum Gasteiger partial charge on any atom is -0.496 e. The van der Waals surface area contributed by atoms with Crippen LogP contribution in [0.1, 0.15) is 24.0 Å². The first-order valence-electron chi connectivity index (χ1n) is 8.92. The second kappa shape index (κ2) is 6.68. The average molecular weight is 373 g/mol. The lowest BCUT2D eigenvalue weighted by Crippen LogP contribution is -2.48. The lowest BCUT2D eigenvalue weighted by atomic mass is 9.79. The molecule has 26 heavy (non-hydrogen) atoms. The first kappa shape index (κ1) is 17.5. The number of sulfonamides is 1. The summed E-state index contributed by atoms with van der Waals surface area (Å²) in [5, 5.41) is 0. The number of hydrogen-bond donors (Lipinski definition) is 0. The Morgan fingerprint density at radius 1 is 1.04 bits per heavy atom. The SMILES string of the molecule is COc1cccc2c1C1(CCN(S(=O)(=O)c3ccccc3)CC1)OCC2. The van der Waals surface area contributed by atoms with E-state index in [0.29, 0.717) is 37.4 Å². The van der Waals surface area contributed by atoms with Crippen LogP contribution >= 0.6 is 0 Å². The van der Waals surface area contributed by atoms with E-state index in [2.05, 4.69) is 6.07 Å². The molecule has 0 radical (unpaired) electrons. The quantitative estimate of drug-likeness (QED) is 0.830. The summed E-state index contributed by atoms with van der Waals surface area (Å²) < 4.78 is 39.2. The van der Waals surface area contributed by atoms with E-state index in [-0.39, 0.29) is 0 Å². The van der Waals surface area contributed by atoms with Crippen molar-refractivity contribution in [3.05, 3.63) is 59.7 Å². The fraction of sp³-hybridized carbons (Fsp3) is 0.400. The third-order valence-corrected chi connectivity index (χ3v) is 7.36. The summed E-state index contributed by atoms with van der Waals surface area (Å²) in [6, 6.07) is 14.7. The lowest BCUT2D eigenvalue weighted by molar-refractivity contribution is -0.0904. The Morgan fingerprint density at radius 3 is 2.46 bits per heavy atom. The van der Waals surface area contributed by atoms with Gasteiger partial charge in [0.25, 0.3) is 0 Å². The van der Waals surface area contributed by atoms with E-state index in [9.17, 15) is 8.42 Å². The second-order valence-electron chi connectivity index (χ2n) is 6.80. The Kier molecular flexibility index (Phi) is 4.50. The molecule has 2 aliphatic rings. The molecule has 0 bridgehead atoms. The Hall–Kier alpha value is -1.89. The first-order valence-corrected chi connectivity index (χ1v) is 10.4. The van der Waals surface area contributed by atoms with Crippen LogP contribution in [0.3, 0.4) is 0 Å². The highest BCUT2D eigenvalue weighted by atomic mass is 32.2. The van der Waals surface area contributed by atoms with E-state index < -0.39 is 15.6 Å². The summed E-state index contributed by atoms with van der Waals surface area (Å²) in [5.74, 6) is 0.835. The van der Waals surface area contributed by atoms with Gasteiger partial charge in [-0.1, -0.05) is 30.3 Å². The van der Waals surface area contributed by atoms with Gasteiger partial charge < -0.3 is 9.47 Å². The van der Waals surface area contributed by atoms with Crippen molar-refractivity contribution >= 4 is 10.0 Å². The zero-order valence-electron chi connectivity index (χ0n) is 14.8. The molecular weight excluding hydrogens is 350 g/mol. The van der Waals surface area contributed by atoms with Crippen LogP contribution in [0.15, 0.2) is 53.4 Å². The molecule has 2 aromatic rings. The number of rotatable bonds is 3. The highest BCUT2D eigenvalue weighted by molar-refractivity contribution is 7.89. The Balaban J connectivity index is 1.62. The fourth-order valence-corrected chi connectivity index (χ4v) is 5.59. The Morgan fingerprint density at radius 2 is 1.77 bits per heavy atom. The number of nitrogens with zero attached hydrogens (tertiary/aromatic N) is 1. The number of piperidine rings is 1. The van der Waals surface area contributed by atoms with Crippen molar-refractivity contribution in [2.24, 2.45) is 0 Å². The van der Waals surface area contributed by atoms with Crippen molar-refractivity contribution in [2.75, 3.05) is 26.8 Å². The molecule has 0 saturated carbocycles. The standard InChI is InChI=1S/C20H23NO4S/c1-24-18-9-5-6-16-10-15-25-20(19(16)18)11-13-21(14-12-20)26(22,23)17-7-3-2-4-8-17/h2-9H,10-15H2,1H3. The van der Waals surface area contributed by atoms with Gasteiger partial charge >= 0.3 is 0 Å². The molecule has 2 heterocycles. The summed E-state index contributed by atoms with van der Waals surface area (Å²) in [6.07, 6.45) is 2.12. The van der Waals surface area contributed by atoms with Crippen LogP contribution in [0.4, 0.5) is 0 Å². The first-order chi connectivity index (χ1) is 12.6. The highest BCUT2D eigenvalue weighted by Gasteiger charge is 2.45. The molecule has 0 atom stereocenters. The maximum atomic E-state index is 12.9. The average Bonchev–Trinajstić information content (AvgIpc) is 2.69. The number of benzene rings is 2. The molecule has 1 fully saturated rings. The monoisotopic (exact) mass is 373 g/mol. The van der Waals surface area contributed by atoms with Gasteiger partial charge in [0.15, 0.2) is 0 Å². The number of methoxy groups -OCH3 is 1. The topological polar surface area (TPSA) is 55.8 Å². The third kappa shape index (κ3) is 2.82. The largest absolute Gasteiger partial charge is 0.496 e. The van der Waals surface area contributed by atoms with Crippen LogP contribution in [0.25, 0.3) is 0 Å². The van der Waals surface area contributed by atoms with Crippen LogP contribution in [0.2, 0.25) is 0 Å². The fourth-order valence-electron chi connectivity index (χ4n) is 4.12. The minimum absolute atomic E-state index is 0.346. The van der Waals surface area contributed by atoms with E-state index in [1.807, 2.05) is 18.2 Å². The second-order valence-corrected chi connectivity index (χ2v) is 8.74. The van der Waals surface area contributed by atoms with Crippen LogP contribution in [0.5, 0.6) is 5.75 Å². The predicted molar refractivity (Wildman–Crippen MR) is 98.8 cm³/mol. The molecule has 0 aliphatic carbocycles. The smallest absolute Gasteiger partial charge is 0.243 e. The zero-order valence-corrected chi connectivity index (χ0v) is 15.7. The van der Waals surface area contributed by atoms with Crippen LogP contribution in [0, 0.1) is 0 Å². The molecule has 1 spiro atoms. The van der Waals surface area contributed by atoms with Crippen LogP contribution < -0.4 is 4.74 Å². The van der Waals surface area contributed by atoms with Gasteiger partial charge in [-0.15, -0.1) is 0 Å². The summed E-state index contributed by atoms with van der Waals surface area (Å²) >= 11 is 0. The third-order valence-electron chi connectivity index (χ3n) is 5.45. The molecule has 0 N–H and O–H groups in total. The molecule has 1 saturated heterocycles. The van der Waals surface area contributed by atoms with E-state index in [1.54, 1.807) is 35.7 Å². The van der Waals surface area contributed by atoms with Crippen LogP contribution in [-0.4, -0.2) is 39.5 Å². The van der Waals surface area contributed by atoms with Gasteiger partial charge in [-0.2, -0.15) is 4.31 Å². The van der Waals surface area contributed by atoms with Crippen LogP contribution in [-0.2, 0) is 26.8 Å². The van der Waals surface area contributed by atoms with Crippen molar-refractivity contribution < 1.29 is 17.9 Å². The van der Waals surface area contributed by atoms with Crippen molar-refractivity contribution in [3.8, 4) is 5.75 Å². The van der Waals surface area contributed by atoms with Crippen molar-refractivity contribution in [2.45, 2.75) is 29.8 Å². The van der Waals surface area contributed by atoms with Gasteiger partial charge in [0.05, 0.1) is 24.2 Å². The van der Waals surface area contributed by atoms with Gasteiger partial charge in [0, 0.05) is 18.7 Å². The van der Waals surface area contributed by atoms with E-state index in [0.717, 1.165) is 17.7 Å². The maximum absolute atomic E-state index is 12.9. The highest BCUT2D eigenvalue weighted by Crippen LogP contribution is 2.46. The number of hydrogen-bond acceptors (Lipinski definition) is 4. The Bertz CT molecular complexity index is 873. The molecule has 5 nitrogen and oxygen atoms in total. The molecule has 4 rings (SSSR count). The van der Waals surface area contributed by atoms with E-state index >= 15 is 0 Å². The van der Waals surface area contributed by atoms with Crippen molar-refractivity contribution in [3.63, 3.8) is 0 Å². The molecule has 2 aliphatic heterocycles. The number of ether oxygens (including phenoxy) is 2. The Labute approximate surface area is 154 Å². The zero-order chi connectivity index (χ0) is 18.2. The molecule has 0 unspecified atom stereocenters. The van der Waals surface area contributed by atoms with Crippen molar-refractivity contribution in [1.29, 1.82) is 0 Å². The molecule has 2 aromatic carbocycles. The van der Waals surface area contributed by atoms with E-state index in [1.165, 1.54) is 5.56 Å². The normalized spacial score (nSPS) is 19.9. The van der Waals surface area contributed by atoms with Gasteiger partial charge in [-0.25, -0.2) is 8.42 Å². The van der Waals surface area contributed by atoms with Gasteiger partial charge in [-0.05, 0) is 43.0 Å². The van der Waals surface area contributed by atoms with Crippen molar-refractivity contribution in [1.82, 2.24) is 4.31 Å². The molecule has 0 amide bonds. The molecule has 6 heteroatoms. The summed E-state index contributed by atoms with van der Waals surface area (Å²) in [4.78, 5) is 0.346.